The number of likely N-dealkylation sites (tertiary alicyclic amines) is 1. The third-order valence-electron chi connectivity index (χ3n) is 3.21. The van der Waals surface area contributed by atoms with Crippen molar-refractivity contribution >= 4 is 0 Å². The van der Waals surface area contributed by atoms with Crippen molar-refractivity contribution in [3.63, 3.8) is 0 Å². The van der Waals surface area contributed by atoms with Crippen molar-refractivity contribution in [1.29, 1.82) is 0 Å². The predicted molar refractivity (Wildman–Crippen MR) is 60.7 cm³/mol. The molecule has 1 aromatic heterocycles. The van der Waals surface area contributed by atoms with Crippen LogP contribution >= 0.6 is 0 Å². The summed E-state index contributed by atoms with van der Waals surface area (Å²) in [6.45, 7) is 3.34. The van der Waals surface area contributed by atoms with Crippen LogP contribution in [0.4, 0.5) is 0 Å². The number of nitrogens with zero attached hydrogens (tertiary/aromatic N) is 2. The lowest BCUT2D eigenvalue weighted by Gasteiger charge is -2.35. The molecule has 1 aliphatic rings. The molecule has 2 heterocycles. The number of hydrogen-bond acceptors (Lipinski definition) is 3. The number of hydrogen-bond donors (Lipinski definition) is 0. The van der Waals surface area contributed by atoms with Crippen LogP contribution in [-0.4, -0.2) is 43.0 Å². The number of likely N-dealkylation sites (N-methyl/N-ethyl adjacent to an activating group) is 2. The highest BCUT2D eigenvalue weighted by atomic mass is 16.3. The zero-order valence-corrected chi connectivity index (χ0v) is 9.65. The van der Waals surface area contributed by atoms with Gasteiger partial charge < -0.3 is 9.32 Å². The van der Waals surface area contributed by atoms with Gasteiger partial charge in [-0.25, -0.2) is 0 Å². The normalized spacial score (nSPS) is 23.5. The van der Waals surface area contributed by atoms with Crippen LogP contribution in [0.1, 0.15) is 18.6 Å². The average Bonchev–Trinajstić information content (AvgIpc) is 2.70. The van der Waals surface area contributed by atoms with Crippen LogP contribution in [0.2, 0.25) is 0 Å². The molecule has 1 fully saturated rings. The van der Waals surface area contributed by atoms with Gasteiger partial charge in [-0.05, 0) is 45.6 Å². The maximum atomic E-state index is 5.37. The minimum atomic E-state index is 0.675. The summed E-state index contributed by atoms with van der Waals surface area (Å²) in [5, 5.41) is 0. The standard InChI is InChI=1S/C12H20N2O/c1-13-7-3-5-11(9-13)14(2)10-12-6-4-8-15-12/h4,6,8,11H,3,5,7,9-10H2,1-2H3. The molecule has 1 aliphatic heterocycles. The minimum absolute atomic E-state index is 0.675. The third kappa shape index (κ3) is 2.83. The Labute approximate surface area is 91.7 Å². The van der Waals surface area contributed by atoms with Gasteiger partial charge in [-0.15, -0.1) is 0 Å². The Morgan fingerprint density at radius 1 is 1.60 bits per heavy atom. The summed E-state index contributed by atoms with van der Waals surface area (Å²) in [7, 11) is 4.39. The Morgan fingerprint density at radius 3 is 3.13 bits per heavy atom. The van der Waals surface area contributed by atoms with Crippen LogP contribution in [0, 0.1) is 0 Å². The van der Waals surface area contributed by atoms with Gasteiger partial charge >= 0.3 is 0 Å². The monoisotopic (exact) mass is 208 g/mol. The molecule has 3 heteroatoms. The summed E-state index contributed by atoms with van der Waals surface area (Å²) < 4.78 is 5.37. The van der Waals surface area contributed by atoms with Gasteiger partial charge in [0.05, 0.1) is 12.8 Å². The Kier molecular flexibility index (Phi) is 3.44. The van der Waals surface area contributed by atoms with Crippen LogP contribution in [-0.2, 0) is 6.54 Å². The first-order valence-corrected chi connectivity index (χ1v) is 5.67. The molecule has 0 aromatic carbocycles. The molecule has 1 atom stereocenters. The van der Waals surface area contributed by atoms with Gasteiger partial charge in [-0.3, -0.25) is 4.90 Å². The van der Waals surface area contributed by atoms with Crippen molar-refractivity contribution in [2.45, 2.75) is 25.4 Å². The second kappa shape index (κ2) is 4.81. The fourth-order valence-corrected chi connectivity index (χ4v) is 2.28. The quantitative estimate of drug-likeness (QED) is 0.755. The largest absolute Gasteiger partial charge is 0.468 e. The average molecular weight is 208 g/mol. The maximum Gasteiger partial charge on any atom is 0.117 e. The van der Waals surface area contributed by atoms with E-state index in [1.165, 1.54) is 25.9 Å². The minimum Gasteiger partial charge on any atom is -0.468 e. The molecular weight excluding hydrogens is 188 g/mol. The Balaban J connectivity index is 1.87. The molecule has 0 radical (unpaired) electrons. The third-order valence-corrected chi connectivity index (χ3v) is 3.21. The Hall–Kier alpha value is -0.800. The molecule has 0 aliphatic carbocycles. The van der Waals surface area contributed by atoms with Gasteiger partial charge in [-0.1, -0.05) is 0 Å². The van der Waals surface area contributed by atoms with Crippen molar-refractivity contribution in [1.82, 2.24) is 9.80 Å². The summed E-state index contributed by atoms with van der Waals surface area (Å²) in [4.78, 5) is 4.81. The number of rotatable bonds is 3. The van der Waals surface area contributed by atoms with Gasteiger partial charge in [0.1, 0.15) is 5.76 Å². The SMILES string of the molecule is CN1CCCC(N(C)Cc2ccco2)C1. The predicted octanol–water partition coefficient (Wildman–Crippen LogP) is 1.81. The molecule has 0 N–H and O–H groups in total. The van der Waals surface area contributed by atoms with E-state index in [2.05, 4.69) is 23.9 Å². The van der Waals surface area contributed by atoms with Crippen LogP contribution in [0.25, 0.3) is 0 Å². The van der Waals surface area contributed by atoms with Crippen LogP contribution in [0.5, 0.6) is 0 Å². The van der Waals surface area contributed by atoms with Crippen LogP contribution in [0.3, 0.4) is 0 Å². The fraction of sp³-hybridized carbons (Fsp3) is 0.667. The summed E-state index contributed by atoms with van der Waals surface area (Å²) in [5.74, 6) is 1.06. The van der Waals surface area contributed by atoms with Crippen molar-refractivity contribution < 1.29 is 4.42 Å². The van der Waals surface area contributed by atoms with E-state index in [0.29, 0.717) is 6.04 Å². The van der Waals surface area contributed by atoms with Crippen molar-refractivity contribution in [3.8, 4) is 0 Å². The zero-order chi connectivity index (χ0) is 10.7. The Bertz CT molecular complexity index is 284. The first-order valence-electron chi connectivity index (χ1n) is 5.67. The van der Waals surface area contributed by atoms with Gasteiger partial charge in [0.15, 0.2) is 0 Å². The molecule has 84 valence electrons. The molecular formula is C12H20N2O. The van der Waals surface area contributed by atoms with Gasteiger partial charge in [0.25, 0.3) is 0 Å². The summed E-state index contributed by atoms with van der Waals surface area (Å²) in [5.41, 5.74) is 0. The van der Waals surface area contributed by atoms with E-state index in [1.807, 2.05) is 12.1 Å². The topological polar surface area (TPSA) is 19.6 Å². The number of furan rings is 1. The molecule has 2 rings (SSSR count). The molecule has 0 amide bonds. The van der Waals surface area contributed by atoms with E-state index in [9.17, 15) is 0 Å². The molecule has 3 nitrogen and oxygen atoms in total. The highest BCUT2D eigenvalue weighted by molar-refractivity contribution is 4.98. The summed E-state index contributed by atoms with van der Waals surface area (Å²) >= 11 is 0. The lowest BCUT2D eigenvalue weighted by atomic mass is 10.1. The van der Waals surface area contributed by atoms with Crippen LogP contribution < -0.4 is 0 Å². The van der Waals surface area contributed by atoms with E-state index >= 15 is 0 Å². The van der Waals surface area contributed by atoms with Crippen molar-refractivity contribution in [3.05, 3.63) is 24.2 Å². The molecule has 0 bridgehead atoms. The first-order chi connectivity index (χ1) is 7.25. The molecule has 0 saturated carbocycles. The summed E-state index contributed by atoms with van der Waals surface area (Å²) in [6, 6.07) is 4.67. The van der Waals surface area contributed by atoms with E-state index in [-0.39, 0.29) is 0 Å². The number of piperidine rings is 1. The summed E-state index contributed by atoms with van der Waals surface area (Å²) in [6.07, 6.45) is 4.36. The molecule has 1 saturated heterocycles. The lowest BCUT2D eigenvalue weighted by Crippen LogP contribution is -2.44. The second-order valence-corrected chi connectivity index (χ2v) is 4.55. The zero-order valence-electron chi connectivity index (χ0n) is 9.65. The molecule has 1 aromatic rings. The first kappa shape index (κ1) is 10.7. The Morgan fingerprint density at radius 2 is 2.47 bits per heavy atom. The fourth-order valence-electron chi connectivity index (χ4n) is 2.28. The highest BCUT2D eigenvalue weighted by Gasteiger charge is 2.21. The smallest absolute Gasteiger partial charge is 0.117 e. The molecule has 0 spiro atoms. The maximum absolute atomic E-state index is 5.37. The van der Waals surface area contributed by atoms with Crippen LogP contribution in [0.15, 0.2) is 22.8 Å². The molecule has 15 heavy (non-hydrogen) atoms. The molecule has 1 unspecified atom stereocenters. The van der Waals surface area contributed by atoms with Crippen molar-refractivity contribution in [2.75, 3.05) is 27.2 Å². The van der Waals surface area contributed by atoms with E-state index in [0.717, 1.165) is 12.3 Å². The van der Waals surface area contributed by atoms with Gasteiger partial charge in [0, 0.05) is 12.6 Å². The lowest BCUT2D eigenvalue weighted by molar-refractivity contribution is 0.123. The van der Waals surface area contributed by atoms with E-state index < -0.39 is 0 Å². The van der Waals surface area contributed by atoms with E-state index in [4.69, 9.17) is 4.42 Å². The van der Waals surface area contributed by atoms with Gasteiger partial charge in [-0.2, -0.15) is 0 Å². The van der Waals surface area contributed by atoms with Crippen molar-refractivity contribution in [2.24, 2.45) is 0 Å². The van der Waals surface area contributed by atoms with Gasteiger partial charge in [0.2, 0.25) is 0 Å². The van der Waals surface area contributed by atoms with E-state index in [1.54, 1.807) is 6.26 Å². The second-order valence-electron chi connectivity index (χ2n) is 4.55. The highest BCUT2D eigenvalue weighted by Crippen LogP contribution is 2.15.